The van der Waals surface area contributed by atoms with E-state index in [0.29, 0.717) is 0 Å². The number of carboxylic acid groups (broad SMARTS) is 1. The Morgan fingerprint density at radius 1 is 0.643 bits per heavy atom. The first-order chi connectivity index (χ1) is 13.2. The van der Waals surface area contributed by atoms with Crippen molar-refractivity contribution >= 4 is 5.97 Å². The summed E-state index contributed by atoms with van der Waals surface area (Å²) < 4.78 is 0. The van der Waals surface area contributed by atoms with Crippen LogP contribution in [0.3, 0.4) is 0 Å². The molecule has 0 aliphatic rings. The number of carbonyl (C=O) groups excluding carboxylic acids is 1. The van der Waals surface area contributed by atoms with E-state index in [1.807, 2.05) is 0 Å². The van der Waals surface area contributed by atoms with Crippen LogP contribution in [0, 0.1) is 0 Å². The molecule has 0 aliphatic heterocycles. The summed E-state index contributed by atoms with van der Waals surface area (Å²) in [7, 11) is 0. The van der Waals surface area contributed by atoms with Crippen LogP contribution in [-0.4, -0.2) is 30.0 Å². The molecule has 0 radical (unpaired) electrons. The molecule has 1 unspecified atom stereocenters. The topological polar surface area (TPSA) is 43.4 Å². The molecule has 0 aromatic carbocycles. The number of carboxylic acids is 1. The molecule has 162 valence electrons. The van der Waals surface area contributed by atoms with Gasteiger partial charge in [0.15, 0.2) is 0 Å². The SMILES string of the molecule is CCCCCCCCCN(CCCCCCCCC)C(CCCC)C(=O)[O-].[K+]. The third-order valence-electron chi connectivity index (χ3n) is 5.64. The van der Waals surface area contributed by atoms with Crippen LogP contribution in [0.5, 0.6) is 0 Å². The van der Waals surface area contributed by atoms with Gasteiger partial charge < -0.3 is 9.90 Å². The number of nitrogens with zero attached hydrogens (tertiary/aromatic N) is 1. The van der Waals surface area contributed by atoms with Crippen LogP contribution in [0.1, 0.15) is 130 Å². The quantitative estimate of drug-likeness (QED) is 0.211. The molecule has 0 saturated heterocycles. The van der Waals surface area contributed by atoms with Crippen LogP contribution >= 0.6 is 0 Å². The summed E-state index contributed by atoms with van der Waals surface area (Å²) in [6, 6.07) is -0.384. The number of hydrogen-bond donors (Lipinski definition) is 0. The summed E-state index contributed by atoms with van der Waals surface area (Å²) in [5.41, 5.74) is 0. The average Bonchev–Trinajstić information content (AvgIpc) is 2.65. The molecule has 0 aromatic rings. The van der Waals surface area contributed by atoms with Gasteiger partial charge in [0, 0.05) is 6.04 Å². The fourth-order valence-corrected chi connectivity index (χ4v) is 3.81. The van der Waals surface area contributed by atoms with Crippen LogP contribution in [-0.2, 0) is 4.79 Å². The Balaban J connectivity index is 0. The van der Waals surface area contributed by atoms with Crippen molar-refractivity contribution < 1.29 is 61.3 Å². The predicted molar refractivity (Wildman–Crippen MR) is 116 cm³/mol. The van der Waals surface area contributed by atoms with E-state index in [1.54, 1.807) is 0 Å². The van der Waals surface area contributed by atoms with E-state index in [4.69, 9.17) is 0 Å². The second-order valence-corrected chi connectivity index (χ2v) is 8.26. The van der Waals surface area contributed by atoms with Gasteiger partial charge in [-0.05, 0) is 32.4 Å². The van der Waals surface area contributed by atoms with E-state index in [1.165, 1.54) is 77.0 Å². The molecule has 0 amide bonds. The van der Waals surface area contributed by atoms with Crippen molar-refractivity contribution in [3.8, 4) is 0 Å². The standard InChI is InChI=1S/C24H49NO2.K/c1-4-7-10-12-14-16-18-21-25(23(24(26)27)20-9-6-3)22-19-17-15-13-11-8-5-2;/h23H,4-22H2,1-3H3,(H,26,27);/q;+1/p-1. The summed E-state index contributed by atoms with van der Waals surface area (Å²) >= 11 is 0. The summed E-state index contributed by atoms with van der Waals surface area (Å²) in [6.07, 6.45) is 20.6. The first-order valence-electron chi connectivity index (χ1n) is 12.1. The minimum atomic E-state index is -0.866. The molecule has 3 nitrogen and oxygen atoms in total. The summed E-state index contributed by atoms with van der Waals surface area (Å²) in [5, 5.41) is 11.7. The first kappa shape index (κ1) is 31.3. The van der Waals surface area contributed by atoms with E-state index in [0.717, 1.165) is 45.2 Å². The Morgan fingerprint density at radius 2 is 1.00 bits per heavy atom. The van der Waals surface area contributed by atoms with Crippen LogP contribution in [0.15, 0.2) is 0 Å². The van der Waals surface area contributed by atoms with E-state index < -0.39 is 5.97 Å². The Kier molecular flexibility index (Phi) is 27.2. The zero-order chi connectivity index (χ0) is 20.2. The van der Waals surface area contributed by atoms with Crippen molar-refractivity contribution in [1.29, 1.82) is 0 Å². The van der Waals surface area contributed by atoms with Crippen LogP contribution in [0.2, 0.25) is 0 Å². The van der Waals surface area contributed by atoms with Gasteiger partial charge in [-0.3, -0.25) is 4.90 Å². The van der Waals surface area contributed by atoms with Gasteiger partial charge in [-0.15, -0.1) is 0 Å². The van der Waals surface area contributed by atoms with Gasteiger partial charge in [0.05, 0.1) is 5.97 Å². The molecule has 0 aromatic heterocycles. The van der Waals surface area contributed by atoms with Gasteiger partial charge in [0.2, 0.25) is 0 Å². The molecule has 28 heavy (non-hydrogen) atoms. The van der Waals surface area contributed by atoms with Crippen molar-refractivity contribution in [3.63, 3.8) is 0 Å². The molecule has 0 bridgehead atoms. The number of unbranched alkanes of at least 4 members (excludes halogenated alkanes) is 13. The molecule has 0 rings (SSSR count). The summed E-state index contributed by atoms with van der Waals surface area (Å²) in [6.45, 7) is 8.47. The third kappa shape index (κ3) is 19.1. The molecule has 0 saturated carbocycles. The molecule has 0 N–H and O–H groups in total. The van der Waals surface area contributed by atoms with Crippen LogP contribution in [0.4, 0.5) is 0 Å². The van der Waals surface area contributed by atoms with Crippen molar-refractivity contribution in [2.24, 2.45) is 0 Å². The zero-order valence-corrected chi connectivity index (χ0v) is 22.9. The zero-order valence-electron chi connectivity index (χ0n) is 19.8. The van der Waals surface area contributed by atoms with Crippen molar-refractivity contribution in [2.75, 3.05) is 13.1 Å². The molecule has 0 aliphatic carbocycles. The summed E-state index contributed by atoms with van der Waals surface area (Å²) in [5.74, 6) is -0.866. The molecular formula is C24H48KNO2. The Hall–Kier alpha value is 1.07. The van der Waals surface area contributed by atoms with Crippen LogP contribution in [0.25, 0.3) is 0 Å². The molecule has 4 heteroatoms. The fourth-order valence-electron chi connectivity index (χ4n) is 3.81. The Morgan fingerprint density at radius 3 is 1.36 bits per heavy atom. The average molecular weight is 422 g/mol. The smallest absolute Gasteiger partial charge is 0.548 e. The monoisotopic (exact) mass is 421 g/mol. The fraction of sp³-hybridized carbons (Fsp3) is 0.958. The Bertz CT molecular complexity index is 308. The van der Waals surface area contributed by atoms with Gasteiger partial charge >= 0.3 is 51.4 Å². The minimum absolute atomic E-state index is 0. The maximum atomic E-state index is 11.7. The predicted octanol–water partition coefficient (Wildman–Crippen LogP) is 3.10. The first-order valence-corrected chi connectivity index (χ1v) is 12.1. The third-order valence-corrected chi connectivity index (χ3v) is 5.64. The Labute approximate surface area is 219 Å². The minimum Gasteiger partial charge on any atom is -0.548 e. The summed E-state index contributed by atoms with van der Waals surface area (Å²) in [4.78, 5) is 13.9. The molecule has 0 fully saturated rings. The maximum Gasteiger partial charge on any atom is 1.00 e. The van der Waals surface area contributed by atoms with E-state index in [9.17, 15) is 9.90 Å². The normalized spacial score (nSPS) is 12.1. The van der Waals surface area contributed by atoms with Crippen molar-refractivity contribution in [3.05, 3.63) is 0 Å². The van der Waals surface area contributed by atoms with Crippen LogP contribution < -0.4 is 56.5 Å². The van der Waals surface area contributed by atoms with Gasteiger partial charge in [0.25, 0.3) is 0 Å². The number of hydrogen-bond acceptors (Lipinski definition) is 3. The number of carbonyl (C=O) groups is 1. The second kappa shape index (κ2) is 24.3. The second-order valence-electron chi connectivity index (χ2n) is 8.26. The maximum absolute atomic E-state index is 11.7. The van der Waals surface area contributed by atoms with Gasteiger partial charge in [-0.2, -0.15) is 0 Å². The number of aliphatic carboxylic acids is 1. The van der Waals surface area contributed by atoms with E-state index in [-0.39, 0.29) is 57.4 Å². The molecular weight excluding hydrogens is 373 g/mol. The molecule has 0 heterocycles. The van der Waals surface area contributed by atoms with Gasteiger partial charge in [0.1, 0.15) is 0 Å². The number of rotatable bonds is 21. The molecule has 1 atom stereocenters. The van der Waals surface area contributed by atoms with Gasteiger partial charge in [-0.25, -0.2) is 0 Å². The van der Waals surface area contributed by atoms with Crippen molar-refractivity contribution in [1.82, 2.24) is 4.90 Å². The van der Waals surface area contributed by atoms with Gasteiger partial charge in [-0.1, -0.05) is 111 Å². The molecule has 0 spiro atoms. The van der Waals surface area contributed by atoms with E-state index in [2.05, 4.69) is 25.7 Å². The van der Waals surface area contributed by atoms with E-state index >= 15 is 0 Å². The largest absolute Gasteiger partial charge is 1.00 e. The van der Waals surface area contributed by atoms with Crippen molar-refractivity contribution in [2.45, 2.75) is 136 Å².